The monoisotopic (exact) mass is 1520 g/mol. The normalized spacial score (nSPS) is 15.5. The Morgan fingerprint density at radius 3 is 1.40 bits per heavy atom. The largest absolute Gasteiger partial charge is 0.480 e. The lowest BCUT2D eigenvalue weighted by Gasteiger charge is -2.38. The number of carboxylic acid groups (broad SMARTS) is 2. The molecule has 36 nitrogen and oxygen atoms in total. The van der Waals surface area contributed by atoms with Crippen molar-refractivity contribution in [3.8, 4) is 22.8 Å². The third kappa shape index (κ3) is 18.4. The topological polar surface area (TPSA) is 503 Å². The molecule has 111 heavy (non-hydrogen) atoms. The van der Waals surface area contributed by atoms with Crippen LogP contribution in [0.15, 0.2) is 167 Å². The summed E-state index contributed by atoms with van der Waals surface area (Å²) in [5.41, 5.74) is 21.7. The Kier molecular flexibility index (Phi) is 23.1. The molecule has 4 aliphatic heterocycles. The Morgan fingerprint density at radius 2 is 0.964 bits per heavy atom. The van der Waals surface area contributed by atoms with Gasteiger partial charge in [-0.2, -0.15) is 9.97 Å². The van der Waals surface area contributed by atoms with Crippen LogP contribution in [-0.4, -0.2) is 182 Å². The van der Waals surface area contributed by atoms with E-state index >= 15 is 0 Å². The number of aromatic nitrogens is 9. The van der Waals surface area contributed by atoms with Crippen molar-refractivity contribution < 1.29 is 86.4 Å². The standard InChI is InChI=1S/C25H26N6O5.C20H18N6O3.C17H16N4O2.C9H15NO5.C4H7NO3/c1-15-8-9-16(11-17(15)27-21(32)18-12-26-19-7-5-6-10-31(18)19)20-28-22(36-30-20)25(13-34-14-25)29-23(33)35-24(2,3)4;1-12-5-6-13(17-24-19(29-25-17)20(21)10-28-11-20)8-14(12)23-18(27)15-9-22-16-4-2-3-7-26(15)16;1-11-5-6-12(16(18)20-23)10-14(11)19-17(22)15-8-7-13-4-2-3-9-21(13)15;1-8(2,3)15-7(13)10-9(6(11)12)4-14-5-9;5-4(3(6)7)1-8-2-4/h5-12H,13-14H2,1-4H3,(H,27,32)(H,29,33);2-9H,10-11,21H2,1H3,(H,23,27);2-10,23H,1H3,(H2,18,20)(H,19,22);4-5H2,1-3H3,(H,10,13)(H,11,12);1-2,5H2,(H,6,7). The molecule has 0 radical (unpaired) electrons. The Bertz CT molecular complexity index is 5320. The summed E-state index contributed by atoms with van der Waals surface area (Å²) in [6.07, 6.45) is 7.17. The number of ether oxygens (including phenoxy) is 6. The summed E-state index contributed by atoms with van der Waals surface area (Å²) in [5.74, 6) is -1.61. The van der Waals surface area contributed by atoms with Crippen LogP contribution in [0.5, 0.6) is 0 Å². The summed E-state index contributed by atoms with van der Waals surface area (Å²) in [6, 6.07) is 36.7. The molecule has 0 bridgehead atoms. The van der Waals surface area contributed by atoms with E-state index < -0.39 is 57.5 Å². The van der Waals surface area contributed by atoms with Crippen LogP contribution >= 0.6 is 0 Å². The number of aliphatic carboxylic acids is 2. The molecule has 15 rings (SSSR count). The lowest BCUT2D eigenvalue weighted by atomic mass is 9.97. The highest BCUT2D eigenvalue weighted by molar-refractivity contribution is 6.07. The van der Waals surface area contributed by atoms with E-state index in [1.54, 1.807) is 99.3 Å². The van der Waals surface area contributed by atoms with Crippen LogP contribution in [0.2, 0.25) is 0 Å². The second kappa shape index (κ2) is 32.4. The second-order valence-corrected chi connectivity index (χ2v) is 28.5. The van der Waals surface area contributed by atoms with Crippen molar-refractivity contribution in [2.45, 2.75) is 95.7 Å². The first-order valence-electron chi connectivity index (χ1n) is 34.4. The maximum absolute atomic E-state index is 13.0. The molecular formula is C75H82N18O18. The van der Waals surface area contributed by atoms with Gasteiger partial charge in [-0.05, 0) is 146 Å². The first-order chi connectivity index (χ1) is 52.7. The van der Waals surface area contributed by atoms with Crippen molar-refractivity contribution >= 4 is 81.6 Å². The minimum atomic E-state index is -1.32. The highest BCUT2D eigenvalue weighted by Crippen LogP contribution is 2.34. The van der Waals surface area contributed by atoms with Gasteiger partial charge in [-0.1, -0.05) is 70.1 Å². The highest BCUT2D eigenvalue weighted by Gasteiger charge is 2.50. The molecule has 0 saturated carbocycles. The zero-order chi connectivity index (χ0) is 79.8. The minimum Gasteiger partial charge on any atom is -0.480 e. The zero-order valence-electron chi connectivity index (χ0n) is 61.8. The Morgan fingerprint density at radius 1 is 0.514 bits per heavy atom. The maximum atomic E-state index is 13.0. The van der Waals surface area contributed by atoms with Crippen LogP contribution < -0.4 is 43.8 Å². The van der Waals surface area contributed by atoms with Crippen molar-refractivity contribution in [1.82, 2.24) is 54.1 Å². The summed E-state index contributed by atoms with van der Waals surface area (Å²) < 4.78 is 46.3. The number of carbonyl (C=O) groups excluding carboxylic acids is 5. The number of hydrogen-bond donors (Lipinski definition) is 11. The third-order valence-corrected chi connectivity index (χ3v) is 17.3. The van der Waals surface area contributed by atoms with Crippen LogP contribution in [-0.2, 0) is 49.1 Å². The van der Waals surface area contributed by atoms with Gasteiger partial charge in [-0.3, -0.25) is 28.0 Å². The number of anilines is 3. The number of aryl methyl sites for hydroxylation is 3. The number of alkyl carbamates (subject to hydrolysis) is 2. The predicted molar refractivity (Wildman–Crippen MR) is 399 cm³/mol. The molecule has 4 aliphatic rings. The van der Waals surface area contributed by atoms with Crippen LogP contribution in [0.1, 0.15) is 107 Å². The Labute approximate surface area is 632 Å². The number of nitrogens with zero attached hydrogens (tertiary/aromatic N) is 10. The number of carboxylic acids is 2. The van der Waals surface area contributed by atoms with Gasteiger partial charge in [0, 0.05) is 57.9 Å². The summed E-state index contributed by atoms with van der Waals surface area (Å²) >= 11 is 0. The van der Waals surface area contributed by atoms with Crippen LogP contribution in [0, 0.1) is 20.8 Å². The summed E-state index contributed by atoms with van der Waals surface area (Å²) in [7, 11) is 0. The fraction of sp³-hybridized carbons (Fsp3) is 0.307. The Hall–Kier alpha value is -13.0. The quantitative estimate of drug-likeness (QED) is 0.0204. The molecular weight excluding hydrogens is 1440 g/mol. The number of amides is 5. The number of hydrogen-bond acceptors (Lipinski definition) is 25. The van der Waals surface area contributed by atoms with Gasteiger partial charge in [-0.25, -0.2) is 24.4 Å². The number of fused-ring (bicyclic) bond motifs is 3. The van der Waals surface area contributed by atoms with E-state index in [-0.39, 0.29) is 69.1 Å². The number of benzene rings is 3. The second-order valence-electron chi connectivity index (χ2n) is 28.5. The molecule has 0 atom stereocenters. The molecule has 580 valence electrons. The van der Waals surface area contributed by atoms with E-state index in [0.29, 0.717) is 92.9 Å². The number of carbonyl (C=O) groups is 7. The first-order valence-corrected chi connectivity index (χ1v) is 34.4. The molecule has 0 aliphatic carbocycles. The fourth-order valence-electron chi connectivity index (χ4n) is 10.8. The summed E-state index contributed by atoms with van der Waals surface area (Å²) in [6.45, 7) is 17.4. The zero-order valence-corrected chi connectivity index (χ0v) is 61.8. The molecule has 11 aromatic rings. The van der Waals surface area contributed by atoms with E-state index in [1.165, 1.54) is 6.20 Å². The molecule has 8 aromatic heterocycles. The van der Waals surface area contributed by atoms with Crippen molar-refractivity contribution in [3.05, 3.63) is 203 Å². The van der Waals surface area contributed by atoms with Crippen LogP contribution in [0.25, 0.3) is 39.6 Å². The number of nitrogens with one attached hydrogen (secondary N) is 5. The molecule has 3 aromatic carbocycles. The highest BCUT2D eigenvalue weighted by atomic mass is 16.6. The number of imidazole rings is 2. The predicted octanol–water partition coefficient (Wildman–Crippen LogP) is 7.58. The van der Waals surface area contributed by atoms with E-state index in [1.807, 2.05) is 122 Å². The molecule has 12 heterocycles. The van der Waals surface area contributed by atoms with Gasteiger partial charge in [0.1, 0.15) is 45.1 Å². The van der Waals surface area contributed by atoms with Crippen molar-refractivity contribution in [2.75, 3.05) is 68.8 Å². The lowest BCUT2D eigenvalue weighted by molar-refractivity contribution is -0.165. The van der Waals surface area contributed by atoms with Crippen molar-refractivity contribution in [1.29, 1.82) is 0 Å². The molecule has 0 unspecified atom stereocenters. The van der Waals surface area contributed by atoms with Crippen LogP contribution in [0.3, 0.4) is 0 Å². The van der Waals surface area contributed by atoms with E-state index in [0.717, 1.165) is 22.2 Å². The third-order valence-electron chi connectivity index (χ3n) is 17.3. The van der Waals surface area contributed by atoms with E-state index in [4.69, 9.17) is 65.4 Å². The van der Waals surface area contributed by atoms with Crippen LogP contribution in [0.4, 0.5) is 26.7 Å². The maximum Gasteiger partial charge on any atom is 0.408 e. The molecule has 0 spiro atoms. The number of amidine groups is 1. The Balaban J connectivity index is 0.000000147. The molecule has 4 fully saturated rings. The van der Waals surface area contributed by atoms with E-state index in [2.05, 4.69) is 66.7 Å². The molecule has 14 N–H and O–H groups in total. The van der Waals surface area contributed by atoms with Crippen molar-refractivity contribution in [3.63, 3.8) is 0 Å². The van der Waals surface area contributed by atoms with Gasteiger partial charge >= 0.3 is 24.1 Å². The lowest BCUT2D eigenvalue weighted by Crippen LogP contribution is -2.67. The smallest absolute Gasteiger partial charge is 0.408 e. The van der Waals surface area contributed by atoms with Gasteiger partial charge in [0.15, 0.2) is 22.5 Å². The minimum absolute atomic E-state index is 0.00589. The number of rotatable bonds is 15. The molecule has 36 heteroatoms. The fourth-order valence-corrected chi connectivity index (χ4v) is 10.8. The van der Waals surface area contributed by atoms with Gasteiger partial charge in [0.05, 0.1) is 65.2 Å². The van der Waals surface area contributed by atoms with Gasteiger partial charge in [0.2, 0.25) is 11.6 Å². The molecule has 4 saturated heterocycles. The number of oxime groups is 1. The average molecular weight is 1520 g/mol. The van der Waals surface area contributed by atoms with E-state index in [9.17, 15) is 33.6 Å². The van der Waals surface area contributed by atoms with Crippen molar-refractivity contribution in [2.24, 2.45) is 22.4 Å². The average Bonchev–Trinajstić information content (AvgIpc) is 1.69. The number of nitrogens with two attached hydrogens (primary N) is 3. The van der Waals surface area contributed by atoms with Gasteiger partial charge in [0.25, 0.3) is 29.5 Å². The summed E-state index contributed by atoms with van der Waals surface area (Å²) in [4.78, 5) is 100. The number of pyridine rings is 3. The molecule has 5 amide bonds. The SMILES string of the molecule is CC(C)(C)OC(=O)NC1(C(=O)O)COC1.Cc1ccc(-c2noc(C3(N)COC3)n2)cc1NC(=O)c1cnc2ccccn12.Cc1ccc(-c2noc(C3(NC(=O)OC(C)(C)C)COC3)n2)cc1NC(=O)c1cnc2ccccn12.Cc1ccc(/C(N)=N/O)cc1NC(=O)c1ccc2ccccn12.NC1(C(=O)O)COC1. The van der Waals surface area contributed by atoms with Gasteiger partial charge < -0.3 is 101 Å². The summed E-state index contributed by atoms with van der Waals surface area (Å²) in [5, 5.41) is 50.9. The van der Waals surface area contributed by atoms with Gasteiger partial charge in [-0.15, -0.1) is 0 Å². The first kappa shape index (κ1) is 79.1.